The lowest BCUT2D eigenvalue weighted by Crippen LogP contribution is -2.53. The normalized spacial score (nSPS) is 12.9. The number of aliphatic carboxylic acids is 2. The monoisotopic (exact) mass is 766 g/mol. The number of aromatic amines is 1. The number of nitrogens with one attached hydrogen (secondary N) is 6. The number of hydrogen-bond acceptors (Lipinski definition) is 15. The molecular formula is C28H34N10O12S2. The lowest BCUT2D eigenvalue weighted by atomic mass is 10.1. The smallest absolute Gasteiger partial charge is 0.327 e. The molecule has 3 atom stereocenters. The fraction of sp³-hybridized carbons (Fsp3) is 0.357. The molecule has 0 saturated carbocycles. The first-order chi connectivity index (χ1) is 24.4. The van der Waals surface area contributed by atoms with Crippen molar-refractivity contribution in [3.05, 3.63) is 52.1 Å². The second kappa shape index (κ2) is 18.4. The molecule has 0 saturated heterocycles. The van der Waals surface area contributed by atoms with E-state index in [0.29, 0.717) is 11.4 Å². The van der Waals surface area contributed by atoms with Crippen LogP contribution < -0.4 is 37.9 Å². The van der Waals surface area contributed by atoms with Gasteiger partial charge in [0, 0.05) is 30.0 Å². The molecule has 2 heterocycles. The number of carboxylic acid groups (broad SMARTS) is 2. The zero-order chi connectivity index (χ0) is 38.6. The summed E-state index contributed by atoms with van der Waals surface area (Å²) in [6, 6.07) is 1.07. The molecule has 52 heavy (non-hydrogen) atoms. The van der Waals surface area contributed by atoms with Crippen LogP contribution in [0.4, 0.5) is 11.6 Å². The summed E-state index contributed by atoms with van der Waals surface area (Å²) in [5.74, 6) is -8.03. The number of carboxylic acids is 2. The largest absolute Gasteiger partial charge is 0.480 e. The number of fused-ring (bicyclic) bond motifs is 1. The zero-order valence-corrected chi connectivity index (χ0v) is 28.6. The third kappa shape index (κ3) is 12.8. The summed E-state index contributed by atoms with van der Waals surface area (Å²) >= 11 is 3.83. The van der Waals surface area contributed by atoms with Crippen molar-refractivity contribution in [2.45, 2.75) is 43.9 Å². The topological polar surface area (TPSA) is 355 Å². The molecule has 0 aliphatic heterocycles. The number of carbonyl (C=O) groups is 6. The Bertz CT molecular complexity index is 1990. The molecule has 0 aliphatic carbocycles. The van der Waals surface area contributed by atoms with Gasteiger partial charge in [-0.15, -0.1) is 0 Å². The van der Waals surface area contributed by atoms with Crippen molar-refractivity contribution in [2.24, 2.45) is 0 Å². The van der Waals surface area contributed by atoms with Gasteiger partial charge in [-0.2, -0.15) is 26.0 Å². The van der Waals surface area contributed by atoms with Gasteiger partial charge in [0.2, 0.25) is 23.7 Å². The molecule has 4 amide bonds. The Hall–Kier alpha value is -5.88. The van der Waals surface area contributed by atoms with Crippen LogP contribution in [-0.4, -0.2) is 115 Å². The van der Waals surface area contributed by atoms with Crippen LogP contribution in [-0.2, 0) is 40.6 Å². The molecule has 1 aromatic carbocycles. The van der Waals surface area contributed by atoms with E-state index in [0.717, 1.165) is 0 Å². The number of anilines is 2. The number of carbonyl (C=O) groups excluding carboxylic acids is 4. The highest BCUT2D eigenvalue weighted by atomic mass is 32.2. The van der Waals surface area contributed by atoms with Gasteiger partial charge in [-0.3, -0.25) is 33.5 Å². The maximum Gasteiger partial charge on any atom is 0.327 e. The van der Waals surface area contributed by atoms with E-state index in [9.17, 15) is 52.2 Å². The average Bonchev–Trinajstić information content (AvgIpc) is 3.07. The van der Waals surface area contributed by atoms with E-state index in [1.807, 2.05) is 0 Å². The summed E-state index contributed by atoms with van der Waals surface area (Å²) in [4.78, 5) is 100. The molecule has 24 heteroatoms. The second-order valence-electron chi connectivity index (χ2n) is 10.9. The van der Waals surface area contributed by atoms with Gasteiger partial charge in [0.25, 0.3) is 21.6 Å². The van der Waals surface area contributed by atoms with Crippen molar-refractivity contribution in [1.82, 2.24) is 41.2 Å². The van der Waals surface area contributed by atoms with Gasteiger partial charge in [-0.1, -0.05) is 0 Å². The maximum atomic E-state index is 12.8. The standard InChI is InChI=1S/C28H34N10O12S2/c29-28-37-22-21(25(43)38-28)33-15(11-32-22)10-31-14-3-1-13(2-4-14)23(41)35-16(26(44)45)5-6-19(39)34-17(24(42)36-18(12-51)27(46)47)9-20(40)30-7-8-52(48,49)50/h1-4,11,16-18,31,51H,5-10,12H2,(H,30,40)(H,34,39)(H,35,41)(H,36,42)(H,44,45)(H,46,47)(H,48,49,50)(H3,29,32,37,38,43)/t16-,17-,18-/m0/s1. The number of nitrogen functional groups attached to an aromatic ring is 1. The molecule has 3 aromatic rings. The molecule has 2 aromatic heterocycles. The SMILES string of the molecule is Nc1nc2ncc(CNc3ccc(C(=O)N[C@@H](CCC(=O)N[C@@H](CC(=O)NCCS(=O)(=O)O)C(=O)N[C@@H](CS)C(=O)O)C(=O)O)cc3)nc2c(=O)[nH]1. The third-order valence-corrected chi connectivity index (χ3v) is 7.98. The van der Waals surface area contributed by atoms with Gasteiger partial charge in [0.1, 0.15) is 18.1 Å². The molecule has 3 rings (SSSR count). The summed E-state index contributed by atoms with van der Waals surface area (Å²) in [5, 5.41) is 30.6. The number of benzene rings is 1. The summed E-state index contributed by atoms with van der Waals surface area (Å²) in [6.07, 6.45) is -0.422. The molecule has 0 bridgehead atoms. The zero-order valence-electron chi connectivity index (χ0n) is 26.9. The quantitative estimate of drug-likeness (QED) is 0.0435. The molecule has 0 fully saturated rings. The number of H-pyrrole nitrogens is 1. The minimum absolute atomic E-state index is 0.00618. The van der Waals surface area contributed by atoms with Crippen molar-refractivity contribution in [3.63, 3.8) is 0 Å². The highest BCUT2D eigenvalue weighted by Crippen LogP contribution is 2.12. The minimum atomic E-state index is -4.42. The van der Waals surface area contributed by atoms with E-state index in [4.69, 9.17) is 10.3 Å². The van der Waals surface area contributed by atoms with Crippen LogP contribution in [0, 0.1) is 0 Å². The van der Waals surface area contributed by atoms with Crippen molar-refractivity contribution in [1.29, 1.82) is 0 Å². The minimum Gasteiger partial charge on any atom is -0.480 e. The first kappa shape index (κ1) is 40.5. The van der Waals surface area contributed by atoms with Gasteiger partial charge in [0.05, 0.1) is 30.6 Å². The molecule has 22 nitrogen and oxygen atoms in total. The summed E-state index contributed by atoms with van der Waals surface area (Å²) in [6.45, 7) is -0.399. The number of rotatable bonds is 19. The molecule has 0 unspecified atom stereocenters. The van der Waals surface area contributed by atoms with Gasteiger partial charge in [-0.25, -0.2) is 19.6 Å². The fourth-order valence-corrected chi connectivity index (χ4v) is 4.88. The number of nitrogens with zero attached hydrogens (tertiary/aromatic N) is 3. The van der Waals surface area contributed by atoms with Crippen molar-refractivity contribution < 1.29 is 52.0 Å². The van der Waals surface area contributed by atoms with Crippen molar-refractivity contribution in [3.8, 4) is 0 Å². The van der Waals surface area contributed by atoms with Crippen LogP contribution in [0.1, 0.15) is 35.3 Å². The predicted octanol–water partition coefficient (Wildman–Crippen LogP) is -2.75. The summed E-state index contributed by atoms with van der Waals surface area (Å²) in [7, 11) is -4.42. The van der Waals surface area contributed by atoms with Crippen LogP contribution in [0.3, 0.4) is 0 Å². The van der Waals surface area contributed by atoms with Crippen molar-refractivity contribution in [2.75, 3.05) is 29.1 Å². The van der Waals surface area contributed by atoms with Gasteiger partial charge < -0.3 is 42.5 Å². The maximum absolute atomic E-state index is 12.8. The second-order valence-corrected chi connectivity index (χ2v) is 12.8. The third-order valence-electron chi connectivity index (χ3n) is 6.89. The Morgan fingerprint density at radius 3 is 2.21 bits per heavy atom. The first-order valence-electron chi connectivity index (χ1n) is 15.0. The fourth-order valence-electron chi connectivity index (χ4n) is 4.27. The Balaban J connectivity index is 1.58. The lowest BCUT2D eigenvalue weighted by Gasteiger charge is -2.21. The van der Waals surface area contributed by atoms with E-state index >= 15 is 0 Å². The highest BCUT2D eigenvalue weighted by Gasteiger charge is 2.29. The Morgan fingerprint density at radius 2 is 1.60 bits per heavy atom. The molecule has 280 valence electrons. The highest BCUT2D eigenvalue weighted by molar-refractivity contribution is 7.85. The first-order valence-corrected chi connectivity index (χ1v) is 17.2. The summed E-state index contributed by atoms with van der Waals surface area (Å²) < 4.78 is 30.6. The van der Waals surface area contributed by atoms with Crippen LogP contribution in [0.25, 0.3) is 11.2 Å². The van der Waals surface area contributed by atoms with Crippen LogP contribution in [0.5, 0.6) is 0 Å². The van der Waals surface area contributed by atoms with Crippen LogP contribution in [0.15, 0.2) is 35.3 Å². The molecule has 11 N–H and O–H groups in total. The van der Waals surface area contributed by atoms with Gasteiger partial charge in [-0.05, 0) is 30.7 Å². The Labute approximate surface area is 298 Å². The molecule has 0 spiro atoms. The van der Waals surface area contributed by atoms with E-state index < -0.39 is 101 Å². The summed E-state index contributed by atoms with van der Waals surface area (Å²) in [5.41, 5.74) is 6.01. The number of thiol groups is 1. The van der Waals surface area contributed by atoms with Crippen molar-refractivity contribution >= 4 is 81.1 Å². The average molecular weight is 767 g/mol. The predicted molar refractivity (Wildman–Crippen MR) is 184 cm³/mol. The number of aromatic nitrogens is 4. The molecule has 0 radical (unpaired) electrons. The number of hydrogen-bond donors (Lipinski definition) is 11. The molecule has 0 aliphatic rings. The number of amides is 4. The number of nitrogens with two attached hydrogens (primary N) is 1. The van der Waals surface area contributed by atoms with Gasteiger partial charge in [0.15, 0.2) is 11.2 Å². The Morgan fingerprint density at radius 1 is 0.923 bits per heavy atom. The Kier molecular flexibility index (Phi) is 14.3. The van der Waals surface area contributed by atoms with E-state index in [-0.39, 0.29) is 35.0 Å². The van der Waals surface area contributed by atoms with E-state index in [1.54, 1.807) is 0 Å². The van der Waals surface area contributed by atoms with Gasteiger partial charge >= 0.3 is 11.9 Å². The van der Waals surface area contributed by atoms with Crippen LogP contribution >= 0.6 is 12.6 Å². The van der Waals surface area contributed by atoms with Crippen LogP contribution in [0.2, 0.25) is 0 Å². The molecular weight excluding hydrogens is 733 g/mol. The van der Waals surface area contributed by atoms with E-state index in [1.165, 1.54) is 30.5 Å². The lowest BCUT2D eigenvalue weighted by molar-refractivity contribution is -0.141. The van der Waals surface area contributed by atoms with E-state index in [2.05, 4.69) is 59.1 Å².